The molecule has 2 saturated heterocycles. The van der Waals surface area contributed by atoms with Crippen molar-refractivity contribution in [2.24, 2.45) is 5.84 Å². The molecule has 1 aromatic rings. The fourth-order valence-electron chi connectivity index (χ4n) is 3.06. The van der Waals surface area contributed by atoms with Crippen molar-refractivity contribution < 1.29 is 18.5 Å². The second-order valence-electron chi connectivity index (χ2n) is 6.07. The summed E-state index contributed by atoms with van der Waals surface area (Å²) in [4.78, 5) is 11.8. The van der Waals surface area contributed by atoms with E-state index in [1.807, 2.05) is 4.31 Å². The van der Waals surface area contributed by atoms with Gasteiger partial charge in [0.1, 0.15) is 11.0 Å². The molecule has 0 radical (unpaired) electrons. The average molecular weight is 353 g/mol. The highest BCUT2D eigenvalue weighted by atomic mass is 32.2. The highest BCUT2D eigenvalue weighted by Gasteiger charge is 2.35. The van der Waals surface area contributed by atoms with Crippen molar-refractivity contribution in [2.45, 2.75) is 36.9 Å². The van der Waals surface area contributed by atoms with Gasteiger partial charge >= 0.3 is 0 Å². The Labute approximate surface area is 144 Å². The Morgan fingerprint density at radius 1 is 1.25 bits per heavy atom. The third kappa shape index (κ3) is 3.38. The molecule has 0 aromatic heterocycles. The summed E-state index contributed by atoms with van der Waals surface area (Å²) in [6.07, 6.45) is 3.46. The quantitative estimate of drug-likeness (QED) is 0.373. The topological polar surface area (TPSA) is 85.1 Å². The third-order valence-electron chi connectivity index (χ3n) is 4.39. The molecular formula is C16H23N3O4S. The molecule has 2 fully saturated rings. The first-order valence-corrected chi connectivity index (χ1v) is 9.24. The summed E-state index contributed by atoms with van der Waals surface area (Å²) in [6.45, 7) is 4.56. The van der Waals surface area contributed by atoms with Crippen LogP contribution < -0.4 is 10.9 Å². The Bertz CT molecular complexity index is 628. The number of anilines is 1. The summed E-state index contributed by atoms with van der Waals surface area (Å²) in [6, 6.07) is 5.21. The van der Waals surface area contributed by atoms with Crippen molar-refractivity contribution in [3.63, 3.8) is 0 Å². The van der Waals surface area contributed by atoms with Gasteiger partial charge in [-0.1, -0.05) is 0 Å². The number of ether oxygens (including phenoxy) is 2. The maximum Gasteiger partial charge on any atom is 0.228 e. The van der Waals surface area contributed by atoms with Gasteiger partial charge in [-0.15, -0.1) is 0 Å². The van der Waals surface area contributed by atoms with Gasteiger partial charge in [0.25, 0.3) is 0 Å². The van der Waals surface area contributed by atoms with E-state index in [2.05, 4.69) is 0 Å². The molecule has 24 heavy (non-hydrogen) atoms. The van der Waals surface area contributed by atoms with Crippen LogP contribution in [0.5, 0.6) is 0 Å². The summed E-state index contributed by atoms with van der Waals surface area (Å²) in [5.41, 5.74) is 1.10. The van der Waals surface area contributed by atoms with E-state index in [4.69, 9.17) is 15.3 Å². The number of hydrogen-bond acceptors (Lipinski definition) is 5. The van der Waals surface area contributed by atoms with Crippen LogP contribution in [0.25, 0.3) is 0 Å². The molecule has 2 aliphatic heterocycles. The second-order valence-corrected chi connectivity index (χ2v) is 7.56. The van der Waals surface area contributed by atoms with Crippen molar-refractivity contribution in [1.82, 2.24) is 4.31 Å². The minimum Gasteiger partial charge on any atom is -0.346 e. The van der Waals surface area contributed by atoms with E-state index in [9.17, 15) is 9.00 Å². The predicted molar refractivity (Wildman–Crippen MR) is 90.3 cm³/mol. The first-order chi connectivity index (χ1) is 11.5. The lowest BCUT2D eigenvalue weighted by Gasteiger charge is -2.36. The number of hydrazine groups is 1. The van der Waals surface area contributed by atoms with E-state index in [1.54, 1.807) is 25.1 Å². The second kappa shape index (κ2) is 7.28. The molecule has 0 saturated carbocycles. The largest absolute Gasteiger partial charge is 0.346 e. The zero-order valence-electron chi connectivity index (χ0n) is 13.8. The Morgan fingerprint density at radius 3 is 2.54 bits per heavy atom. The summed E-state index contributed by atoms with van der Waals surface area (Å²) in [7, 11) is -1.24. The van der Waals surface area contributed by atoms with Gasteiger partial charge in [-0.05, 0) is 44.4 Å². The van der Waals surface area contributed by atoms with Crippen LogP contribution in [0.2, 0.25) is 0 Å². The minimum absolute atomic E-state index is 0.483. The van der Waals surface area contributed by atoms with E-state index in [1.165, 1.54) is 0 Å². The van der Waals surface area contributed by atoms with E-state index in [-0.39, 0.29) is 0 Å². The maximum absolute atomic E-state index is 12.8. The van der Waals surface area contributed by atoms with Crippen LogP contribution in [0.15, 0.2) is 23.1 Å². The highest BCUT2D eigenvalue weighted by molar-refractivity contribution is 7.82. The van der Waals surface area contributed by atoms with Crippen LogP contribution in [0.1, 0.15) is 31.7 Å². The monoisotopic (exact) mass is 353 g/mol. The molecule has 1 atom stereocenters. The fourth-order valence-corrected chi connectivity index (χ4v) is 4.35. The SMILES string of the molecule is CC1(c2cc(S(=O)N3CCCC3)ccc2N(N)C=O)OCCCO1. The fraction of sp³-hybridized carbons (Fsp3) is 0.562. The number of benzene rings is 1. The van der Waals surface area contributed by atoms with Crippen LogP contribution in [-0.2, 0) is 31.0 Å². The molecule has 1 unspecified atom stereocenters. The molecule has 2 heterocycles. The normalized spacial score (nSPS) is 22.2. The molecule has 0 aliphatic carbocycles. The summed E-state index contributed by atoms with van der Waals surface area (Å²) >= 11 is 0. The van der Waals surface area contributed by atoms with Crippen LogP contribution in [-0.4, -0.2) is 41.2 Å². The number of carbonyl (C=O) groups excluding carboxylic acids is 1. The van der Waals surface area contributed by atoms with Gasteiger partial charge in [-0.2, -0.15) is 0 Å². The molecular weight excluding hydrogens is 330 g/mol. The van der Waals surface area contributed by atoms with Gasteiger partial charge < -0.3 is 9.47 Å². The Kier molecular flexibility index (Phi) is 5.31. The first-order valence-electron chi connectivity index (χ1n) is 8.14. The summed E-state index contributed by atoms with van der Waals surface area (Å²) < 4.78 is 26.4. The lowest BCUT2D eigenvalue weighted by atomic mass is 10.0. The summed E-state index contributed by atoms with van der Waals surface area (Å²) in [5.74, 6) is 4.76. The van der Waals surface area contributed by atoms with E-state index in [0.29, 0.717) is 35.8 Å². The zero-order valence-corrected chi connectivity index (χ0v) is 14.6. The van der Waals surface area contributed by atoms with Gasteiger partial charge in [-0.3, -0.25) is 9.80 Å². The smallest absolute Gasteiger partial charge is 0.228 e. The van der Waals surface area contributed by atoms with E-state index in [0.717, 1.165) is 37.4 Å². The Hall–Kier alpha value is -1.32. The first kappa shape index (κ1) is 17.5. The van der Waals surface area contributed by atoms with Gasteiger partial charge in [-0.25, -0.2) is 14.4 Å². The van der Waals surface area contributed by atoms with Crippen molar-refractivity contribution in [3.05, 3.63) is 23.8 Å². The van der Waals surface area contributed by atoms with E-state index < -0.39 is 16.8 Å². The number of nitrogens with two attached hydrogens (primary N) is 1. The number of amides is 1. The van der Waals surface area contributed by atoms with Crippen LogP contribution in [0.3, 0.4) is 0 Å². The van der Waals surface area contributed by atoms with Crippen molar-refractivity contribution in [2.75, 3.05) is 31.3 Å². The molecule has 3 rings (SSSR count). The van der Waals surface area contributed by atoms with Crippen molar-refractivity contribution in [3.8, 4) is 0 Å². The molecule has 1 amide bonds. The number of rotatable bonds is 5. The standard InChI is InChI=1S/C16H23N3O4S/c1-16(22-9-4-10-23-16)14-11-13(5-6-15(14)19(17)12-20)24(21)18-7-2-3-8-18/h5-6,11-12H,2-4,7-10,17H2,1H3. The van der Waals surface area contributed by atoms with Crippen LogP contribution >= 0.6 is 0 Å². The molecule has 7 nitrogen and oxygen atoms in total. The molecule has 0 bridgehead atoms. The van der Waals surface area contributed by atoms with Crippen molar-refractivity contribution in [1.29, 1.82) is 0 Å². The highest BCUT2D eigenvalue weighted by Crippen LogP contribution is 2.37. The maximum atomic E-state index is 12.8. The molecule has 132 valence electrons. The predicted octanol–water partition coefficient (Wildman–Crippen LogP) is 1.25. The average Bonchev–Trinajstić information content (AvgIpc) is 3.15. The minimum atomic E-state index is -1.24. The van der Waals surface area contributed by atoms with Crippen LogP contribution in [0.4, 0.5) is 5.69 Å². The van der Waals surface area contributed by atoms with Gasteiger partial charge in [0, 0.05) is 18.7 Å². The van der Waals surface area contributed by atoms with Gasteiger partial charge in [0.05, 0.1) is 23.8 Å². The molecule has 8 heteroatoms. The van der Waals surface area contributed by atoms with Gasteiger partial charge in [0.15, 0.2) is 5.79 Å². The number of hydrogen-bond donors (Lipinski definition) is 1. The Balaban J connectivity index is 2.00. The molecule has 1 aromatic carbocycles. The molecule has 0 spiro atoms. The lowest BCUT2D eigenvalue weighted by Crippen LogP contribution is -2.39. The lowest BCUT2D eigenvalue weighted by molar-refractivity contribution is -0.264. The van der Waals surface area contributed by atoms with Crippen LogP contribution in [0, 0.1) is 0 Å². The van der Waals surface area contributed by atoms with Gasteiger partial charge in [0.2, 0.25) is 6.41 Å². The van der Waals surface area contributed by atoms with E-state index >= 15 is 0 Å². The third-order valence-corrected chi connectivity index (χ3v) is 5.89. The molecule has 2 aliphatic rings. The zero-order chi connectivity index (χ0) is 17.2. The number of carbonyl (C=O) groups is 1. The Morgan fingerprint density at radius 2 is 1.92 bits per heavy atom. The molecule has 2 N–H and O–H groups in total. The summed E-state index contributed by atoms with van der Waals surface area (Å²) in [5, 5.41) is 0.991. The number of nitrogens with zero attached hydrogens (tertiary/aromatic N) is 2. The van der Waals surface area contributed by atoms with Crippen molar-refractivity contribution >= 4 is 23.1 Å².